The fraction of sp³-hybridized carbons (Fsp3) is 0.429. The lowest BCUT2D eigenvalue weighted by atomic mass is 9.81. The van der Waals surface area contributed by atoms with Gasteiger partial charge in [-0.1, -0.05) is 67.5 Å². The number of allylic oxidation sites excluding steroid dienone is 8. The molecule has 0 unspecified atom stereocenters. The fourth-order valence-corrected chi connectivity index (χ4v) is 9.60. The van der Waals surface area contributed by atoms with Crippen LogP contribution >= 0.6 is 24.1 Å². The molecule has 61 heavy (non-hydrogen) atoms. The van der Waals surface area contributed by atoms with Gasteiger partial charge in [0, 0.05) is 116 Å². The van der Waals surface area contributed by atoms with Crippen molar-refractivity contribution in [2.75, 3.05) is 43.1 Å². The minimum absolute atomic E-state index is 0.00219. The van der Waals surface area contributed by atoms with E-state index in [1.54, 1.807) is 18.2 Å². The smallest absolute Gasteiger partial charge is 0.333 e. The van der Waals surface area contributed by atoms with Gasteiger partial charge >= 0.3 is 5.97 Å². The third kappa shape index (κ3) is 11.5. The number of anilines is 1. The number of hydrogen-bond acceptors (Lipinski definition) is 15. The van der Waals surface area contributed by atoms with Crippen LogP contribution in [0.1, 0.15) is 77.3 Å². The highest BCUT2D eigenvalue weighted by atomic mass is 32.2. The summed E-state index contributed by atoms with van der Waals surface area (Å²) >= 11 is 1.95. The molecule has 3 heterocycles. The topological polar surface area (TPSA) is 188 Å². The molecule has 2 aromatic carbocycles. The van der Waals surface area contributed by atoms with Crippen LogP contribution in [0, 0.1) is 0 Å². The van der Waals surface area contributed by atoms with E-state index in [4.69, 9.17) is 10.1 Å². The van der Waals surface area contributed by atoms with Crippen molar-refractivity contribution in [1.29, 1.82) is 0 Å². The molecule has 5 rings (SSSR count). The van der Waals surface area contributed by atoms with Gasteiger partial charge in [0.05, 0.1) is 10.3 Å². The van der Waals surface area contributed by atoms with E-state index in [2.05, 4.69) is 66.3 Å². The minimum atomic E-state index is -3.97. The fourth-order valence-electron chi connectivity index (χ4n) is 7.65. The van der Waals surface area contributed by atoms with E-state index >= 15 is 0 Å². The summed E-state index contributed by atoms with van der Waals surface area (Å²) in [5.41, 5.74) is 5.33. The lowest BCUT2D eigenvalue weighted by Gasteiger charge is -2.27. The number of fused-ring (bicyclic) bond motifs is 2. The van der Waals surface area contributed by atoms with Crippen LogP contribution in [0.25, 0.3) is 0 Å². The van der Waals surface area contributed by atoms with E-state index in [9.17, 15) is 28.1 Å². The van der Waals surface area contributed by atoms with Crippen molar-refractivity contribution in [1.82, 2.24) is 9.37 Å². The summed E-state index contributed by atoms with van der Waals surface area (Å²) in [6.07, 6.45) is 15.2. The maximum Gasteiger partial charge on any atom is 0.333 e. The van der Waals surface area contributed by atoms with Crippen molar-refractivity contribution in [3.63, 3.8) is 0 Å². The van der Waals surface area contributed by atoms with Gasteiger partial charge in [-0.25, -0.2) is 22.8 Å². The molecule has 1 fully saturated rings. The van der Waals surface area contributed by atoms with Crippen LogP contribution in [0.15, 0.2) is 95.6 Å². The average molecular weight is 901 g/mol. The molecule has 2 amide bonds. The first-order valence-electron chi connectivity index (χ1n) is 19.8. The summed E-state index contributed by atoms with van der Waals surface area (Å²) in [6, 6.07) is 13.4. The predicted octanol–water partition coefficient (Wildman–Crippen LogP) is 6.14. The molecule has 1 N–H and O–H groups in total. The molecule has 3 aliphatic heterocycles. The highest BCUT2D eigenvalue weighted by Gasteiger charge is 2.44. The van der Waals surface area contributed by atoms with E-state index in [1.165, 1.54) is 12.6 Å². The van der Waals surface area contributed by atoms with Crippen molar-refractivity contribution in [2.24, 2.45) is 0 Å². The van der Waals surface area contributed by atoms with Crippen molar-refractivity contribution < 1.29 is 61.5 Å². The lowest BCUT2D eigenvalue weighted by molar-refractivity contribution is -0.777. The standard InChI is InChI=1S/C42H52N4O12S3/c1-41(2)32-16-11-12-17-34(32)44(26-14-28-59-57-55-50)36(41)18-9-7-6-8-10-19-37-42(3,4)33-30-31(21-22-35(33)45(37)27-15-29-60-58-56-51)61(52,53)43(5)25-13-20-40(49)54-46-38(47)23-24-39(46)48/h6-12,16-19,21-22,30H,13-15,20,23-29H2,1-5H3,(H-,50,51). The Morgan fingerprint density at radius 2 is 1.61 bits per heavy atom. The summed E-state index contributed by atoms with van der Waals surface area (Å²) < 4.78 is 40.0. The normalized spacial score (nSPS) is 18.0. The van der Waals surface area contributed by atoms with Crippen molar-refractivity contribution >= 4 is 69.0 Å². The van der Waals surface area contributed by atoms with Gasteiger partial charge < -0.3 is 15.0 Å². The molecule has 3 aliphatic rings. The zero-order valence-corrected chi connectivity index (χ0v) is 37.3. The van der Waals surface area contributed by atoms with E-state index in [0.717, 1.165) is 69.7 Å². The summed E-state index contributed by atoms with van der Waals surface area (Å²) in [5, 5.41) is 26.4. The van der Waals surface area contributed by atoms with Gasteiger partial charge in [0.15, 0.2) is 5.71 Å². The summed E-state index contributed by atoms with van der Waals surface area (Å²) in [5.74, 6) is -0.848. The SMILES string of the molecule is CN(CCCC(=O)ON1C(=O)CCC1=O)S(=O)(=O)c1ccc2c(c1)C(C)(C)\C(=C/C=C/C=C/C=C/C1=[N+](CCCSOOO)c3ccccc3C1(C)C)N2CCCSOO[O-]. The molecule has 0 bridgehead atoms. The Morgan fingerprint density at radius 1 is 0.918 bits per heavy atom. The van der Waals surface area contributed by atoms with Gasteiger partial charge in [-0.05, 0) is 56.5 Å². The van der Waals surface area contributed by atoms with Gasteiger partial charge in [-0.2, -0.15) is 8.91 Å². The van der Waals surface area contributed by atoms with Crippen molar-refractivity contribution in [3.8, 4) is 0 Å². The number of nitrogens with zero attached hydrogens (tertiary/aromatic N) is 4. The van der Waals surface area contributed by atoms with E-state index in [1.807, 2.05) is 56.4 Å². The van der Waals surface area contributed by atoms with Crippen LogP contribution < -0.4 is 10.2 Å². The number of sulfonamides is 1. The third-order valence-electron chi connectivity index (χ3n) is 10.7. The van der Waals surface area contributed by atoms with E-state index in [-0.39, 0.29) is 42.5 Å². The molecule has 1 saturated heterocycles. The molecule has 0 atom stereocenters. The van der Waals surface area contributed by atoms with Gasteiger partial charge in [0.25, 0.3) is 11.8 Å². The maximum absolute atomic E-state index is 13.8. The lowest BCUT2D eigenvalue weighted by Crippen LogP contribution is -2.32. The zero-order chi connectivity index (χ0) is 44.2. The molecule has 2 aromatic rings. The molecule has 0 radical (unpaired) electrons. The molecule has 19 heteroatoms. The number of rotatable bonds is 23. The largest absolute Gasteiger partial charge is 0.691 e. The highest BCUT2D eigenvalue weighted by molar-refractivity contribution is 7.94. The molecule has 0 aromatic heterocycles. The minimum Gasteiger partial charge on any atom is -0.691 e. The van der Waals surface area contributed by atoms with E-state index < -0.39 is 33.2 Å². The van der Waals surface area contributed by atoms with Gasteiger partial charge in [0.2, 0.25) is 15.7 Å². The maximum atomic E-state index is 13.8. The van der Waals surface area contributed by atoms with Crippen LogP contribution in [0.3, 0.4) is 0 Å². The van der Waals surface area contributed by atoms with Crippen molar-refractivity contribution in [3.05, 3.63) is 102 Å². The second-order valence-corrected chi connectivity index (χ2v) is 19.0. The van der Waals surface area contributed by atoms with Crippen LogP contribution in [-0.4, -0.2) is 89.3 Å². The molecule has 16 nitrogen and oxygen atoms in total. The molecule has 0 spiro atoms. The van der Waals surface area contributed by atoms with Crippen LogP contribution in [0.2, 0.25) is 0 Å². The monoisotopic (exact) mass is 900 g/mol. The number of imide groups is 1. The Morgan fingerprint density at radius 3 is 2.34 bits per heavy atom. The first-order chi connectivity index (χ1) is 29.2. The van der Waals surface area contributed by atoms with Gasteiger partial charge in [-0.15, -0.1) is 9.40 Å². The average Bonchev–Trinajstić information content (AvgIpc) is 3.74. The molecule has 0 saturated carbocycles. The van der Waals surface area contributed by atoms with E-state index in [0.29, 0.717) is 29.5 Å². The number of amides is 2. The number of hydroxylamine groups is 2. The van der Waals surface area contributed by atoms with Crippen LogP contribution in [-0.2, 0) is 58.8 Å². The Labute approximate surface area is 365 Å². The van der Waals surface area contributed by atoms with Gasteiger partial charge in [-0.3, -0.25) is 14.6 Å². The highest BCUT2D eigenvalue weighted by Crippen LogP contribution is 2.49. The predicted molar refractivity (Wildman–Crippen MR) is 229 cm³/mol. The molecular formula is C42H52N4O12S3. The number of carbonyl (C=O) groups excluding carboxylic acids is 3. The number of hydrogen-bond donors (Lipinski definition) is 1. The summed E-state index contributed by atoms with van der Waals surface area (Å²) in [4.78, 5) is 43.0. The van der Waals surface area contributed by atoms with Crippen LogP contribution in [0.4, 0.5) is 11.4 Å². The van der Waals surface area contributed by atoms with Crippen LogP contribution in [0.5, 0.6) is 0 Å². The zero-order valence-electron chi connectivity index (χ0n) is 34.8. The first kappa shape index (κ1) is 47.9. The third-order valence-corrected chi connectivity index (χ3v) is 13.8. The first-order valence-corrected chi connectivity index (χ1v) is 23.0. The molecular weight excluding hydrogens is 849 g/mol. The Balaban J connectivity index is 1.30. The summed E-state index contributed by atoms with van der Waals surface area (Å²) in [6.45, 7) is 9.78. The Kier molecular flexibility index (Phi) is 17.1. The number of carbonyl (C=O) groups is 3. The second kappa shape index (κ2) is 21.8. The summed E-state index contributed by atoms with van der Waals surface area (Å²) in [7, 11) is -2.54. The Hall–Kier alpha value is -4.15. The second-order valence-electron chi connectivity index (χ2n) is 15.4. The number of para-hydroxylation sites is 1. The quantitative estimate of drug-likeness (QED) is 0.0255. The molecule has 0 aliphatic carbocycles. The van der Waals surface area contributed by atoms with Crippen molar-refractivity contribution in [2.45, 2.75) is 81.9 Å². The Bertz CT molecular complexity index is 2170. The molecule has 330 valence electrons. The number of benzene rings is 2. The van der Waals surface area contributed by atoms with Gasteiger partial charge in [0.1, 0.15) is 6.54 Å².